The van der Waals surface area contributed by atoms with Gasteiger partial charge >= 0.3 is 0 Å². The lowest BCUT2D eigenvalue weighted by Gasteiger charge is -2.25. The Morgan fingerprint density at radius 3 is 2.35 bits per heavy atom. The molecule has 0 aliphatic heterocycles. The summed E-state index contributed by atoms with van der Waals surface area (Å²) < 4.78 is 33.7. The van der Waals surface area contributed by atoms with Gasteiger partial charge in [-0.3, -0.25) is 9.10 Å². The monoisotopic (exact) mass is 444 g/mol. The van der Waals surface area contributed by atoms with Gasteiger partial charge in [0.15, 0.2) is 0 Å². The fourth-order valence-corrected chi connectivity index (χ4v) is 5.35. The highest BCUT2D eigenvalue weighted by Crippen LogP contribution is 2.25. The fourth-order valence-electron chi connectivity index (χ4n) is 3.92. The molecule has 1 aliphatic rings. The number of hydrogen-bond acceptors (Lipinski definition) is 4. The topological polar surface area (TPSA) is 75.7 Å². The molecular weight excluding hydrogens is 412 g/mol. The highest BCUT2D eigenvalue weighted by molar-refractivity contribution is 7.92. The van der Waals surface area contributed by atoms with Crippen molar-refractivity contribution in [2.45, 2.75) is 57.0 Å². The van der Waals surface area contributed by atoms with E-state index in [0.29, 0.717) is 31.4 Å². The van der Waals surface area contributed by atoms with Crippen molar-refractivity contribution in [3.63, 3.8) is 0 Å². The summed E-state index contributed by atoms with van der Waals surface area (Å²) in [6.45, 7) is 4.61. The molecule has 168 valence electrons. The molecule has 2 aromatic carbocycles. The summed E-state index contributed by atoms with van der Waals surface area (Å²) in [5.74, 6) is -0.334. The number of anilines is 1. The van der Waals surface area contributed by atoms with Gasteiger partial charge in [-0.25, -0.2) is 8.42 Å². The molecule has 0 radical (unpaired) electrons. The minimum Gasteiger partial charge on any atom is -0.378 e. The summed E-state index contributed by atoms with van der Waals surface area (Å²) >= 11 is 0. The zero-order chi connectivity index (χ0) is 22.3. The van der Waals surface area contributed by atoms with Gasteiger partial charge in [0.2, 0.25) is 5.91 Å². The second kappa shape index (κ2) is 10.8. The number of rotatable bonds is 10. The SMILES string of the molecule is Cc1cc(C)cc(N(CC(=O)NCCCOC2CCCC2)S(=O)(=O)c2ccccc2)c1. The third kappa shape index (κ3) is 6.55. The van der Waals surface area contributed by atoms with Crippen molar-refractivity contribution in [2.24, 2.45) is 0 Å². The standard InChI is InChI=1S/C24H32N2O4S/c1-19-15-20(2)17-21(16-19)26(31(28,29)23-11-4-3-5-12-23)18-24(27)25-13-8-14-30-22-9-6-7-10-22/h3-5,11-12,15-17,22H,6-10,13-14,18H2,1-2H3,(H,25,27). The van der Waals surface area contributed by atoms with Crippen LogP contribution in [0.5, 0.6) is 0 Å². The minimum atomic E-state index is -3.88. The van der Waals surface area contributed by atoms with Gasteiger partial charge in [0.25, 0.3) is 10.0 Å². The first-order chi connectivity index (χ1) is 14.9. The molecule has 7 heteroatoms. The number of carbonyl (C=O) groups excluding carboxylic acids is 1. The molecule has 0 aromatic heterocycles. The molecular formula is C24H32N2O4S. The van der Waals surface area contributed by atoms with Crippen LogP contribution in [0.3, 0.4) is 0 Å². The van der Waals surface area contributed by atoms with E-state index in [9.17, 15) is 13.2 Å². The van der Waals surface area contributed by atoms with Crippen LogP contribution in [-0.2, 0) is 19.6 Å². The molecule has 6 nitrogen and oxygen atoms in total. The summed E-state index contributed by atoms with van der Waals surface area (Å²) in [5, 5.41) is 2.84. The molecule has 2 aromatic rings. The third-order valence-corrected chi connectivity index (χ3v) is 7.20. The fraction of sp³-hybridized carbons (Fsp3) is 0.458. The highest BCUT2D eigenvalue weighted by atomic mass is 32.2. The van der Waals surface area contributed by atoms with Gasteiger partial charge in [0.05, 0.1) is 16.7 Å². The van der Waals surface area contributed by atoms with Crippen molar-refractivity contribution in [3.05, 3.63) is 59.7 Å². The highest BCUT2D eigenvalue weighted by Gasteiger charge is 2.27. The lowest BCUT2D eigenvalue weighted by Crippen LogP contribution is -2.41. The quantitative estimate of drug-likeness (QED) is 0.563. The average molecular weight is 445 g/mol. The van der Waals surface area contributed by atoms with Crippen molar-refractivity contribution >= 4 is 21.6 Å². The molecule has 1 saturated carbocycles. The van der Waals surface area contributed by atoms with Gasteiger partial charge in [0, 0.05) is 13.2 Å². The van der Waals surface area contributed by atoms with Crippen LogP contribution in [-0.4, -0.2) is 40.1 Å². The van der Waals surface area contributed by atoms with E-state index in [1.54, 1.807) is 42.5 Å². The number of sulfonamides is 1. The Hall–Kier alpha value is -2.38. The van der Waals surface area contributed by atoms with E-state index < -0.39 is 10.0 Å². The zero-order valence-electron chi connectivity index (χ0n) is 18.3. The Balaban J connectivity index is 1.67. The minimum absolute atomic E-state index is 0.159. The summed E-state index contributed by atoms with van der Waals surface area (Å²) in [6, 6.07) is 13.8. The third-order valence-electron chi connectivity index (χ3n) is 5.41. The van der Waals surface area contributed by atoms with Gasteiger partial charge in [-0.1, -0.05) is 37.1 Å². The number of nitrogens with one attached hydrogen (secondary N) is 1. The van der Waals surface area contributed by atoms with E-state index in [0.717, 1.165) is 24.0 Å². The van der Waals surface area contributed by atoms with Gasteiger partial charge in [0.1, 0.15) is 6.54 Å². The van der Waals surface area contributed by atoms with Crippen molar-refractivity contribution in [1.82, 2.24) is 5.32 Å². The molecule has 0 heterocycles. The van der Waals surface area contributed by atoms with E-state index >= 15 is 0 Å². The van der Waals surface area contributed by atoms with Crippen molar-refractivity contribution in [3.8, 4) is 0 Å². The maximum absolute atomic E-state index is 13.3. The normalized spacial score (nSPS) is 14.5. The van der Waals surface area contributed by atoms with Crippen LogP contribution >= 0.6 is 0 Å². The largest absolute Gasteiger partial charge is 0.378 e. The first kappa shape index (κ1) is 23.3. The molecule has 1 fully saturated rings. The predicted octanol–water partition coefficient (Wildman–Crippen LogP) is 3.96. The molecule has 1 N–H and O–H groups in total. The Labute approximate surface area is 185 Å². The lowest BCUT2D eigenvalue weighted by atomic mass is 10.1. The molecule has 3 rings (SSSR count). The van der Waals surface area contributed by atoms with Gasteiger partial charge in [-0.05, 0) is 68.5 Å². The Morgan fingerprint density at radius 1 is 1.06 bits per heavy atom. The molecule has 0 saturated heterocycles. The molecule has 31 heavy (non-hydrogen) atoms. The van der Waals surface area contributed by atoms with Gasteiger partial charge in [-0.2, -0.15) is 0 Å². The molecule has 0 bridgehead atoms. The van der Waals surface area contributed by atoms with E-state index in [4.69, 9.17) is 4.74 Å². The summed E-state index contributed by atoms with van der Waals surface area (Å²) in [5.41, 5.74) is 2.36. The molecule has 0 unspecified atom stereocenters. The predicted molar refractivity (Wildman–Crippen MR) is 123 cm³/mol. The number of aryl methyl sites for hydroxylation is 2. The van der Waals surface area contributed by atoms with Crippen LogP contribution in [0.4, 0.5) is 5.69 Å². The number of amides is 1. The Bertz CT molecular complexity index is 950. The average Bonchev–Trinajstić information content (AvgIpc) is 3.25. The van der Waals surface area contributed by atoms with Crippen LogP contribution in [0.1, 0.15) is 43.2 Å². The van der Waals surface area contributed by atoms with Gasteiger partial charge < -0.3 is 10.1 Å². The van der Waals surface area contributed by atoms with Crippen LogP contribution in [0.25, 0.3) is 0 Å². The maximum Gasteiger partial charge on any atom is 0.264 e. The van der Waals surface area contributed by atoms with E-state index in [2.05, 4.69) is 5.32 Å². The van der Waals surface area contributed by atoms with Crippen molar-refractivity contribution in [1.29, 1.82) is 0 Å². The first-order valence-corrected chi connectivity index (χ1v) is 12.3. The summed E-state index contributed by atoms with van der Waals surface area (Å²) in [7, 11) is -3.88. The Morgan fingerprint density at radius 2 is 1.71 bits per heavy atom. The van der Waals surface area contributed by atoms with E-state index in [1.807, 2.05) is 19.9 Å². The van der Waals surface area contributed by atoms with Crippen LogP contribution in [0.15, 0.2) is 53.4 Å². The van der Waals surface area contributed by atoms with E-state index in [-0.39, 0.29) is 17.3 Å². The van der Waals surface area contributed by atoms with Gasteiger partial charge in [-0.15, -0.1) is 0 Å². The second-order valence-electron chi connectivity index (χ2n) is 8.15. The van der Waals surface area contributed by atoms with E-state index in [1.165, 1.54) is 17.1 Å². The molecule has 1 amide bonds. The van der Waals surface area contributed by atoms with Crippen LogP contribution in [0, 0.1) is 13.8 Å². The molecule has 1 aliphatic carbocycles. The van der Waals surface area contributed by atoms with Crippen LogP contribution < -0.4 is 9.62 Å². The first-order valence-electron chi connectivity index (χ1n) is 10.9. The maximum atomic E-state index is 13.3. The number of benzene rings is 2. The zero-order valence-corrected chi connectivity index (χ0v) is 19.2. The Kier molecular flexibility index (Phi) is 8.09. The smallest absolute Gasteiger partial charge is 0.264 e. The number of nitrogens with zero attached hydrogens (tertiary/aromatic N) is 1. The number of ether oxygens (including phenoxy) is 1. The van der Waals surface area contributed by atoms with Crippen molar-refractivity contribution < 1.29 is 17.9 Å². The number of carbonyl (C=O) groups is 1. The van der Waals surface area contributed by atoms with Crippen LogP contribution in [0.2, 0.25) is 0 Å². The molecule has 0 atom stereocenters. The van der Waals surface area contributed by atoms with Crippen molar-refractivity contribution in [2.75, 3.05) is 24.0 Å². The second-order valence-corrected chi connectivity index (χ2v) is 10.0. The lowest BCUT2D eigenvalue weighted by molar-refractivity contribution is -0.119. The number of hydrogen-bond donors (Lipinski definition) is 1. The summed E-state index contributed by atoms with van der Waals surface area (Å²) in [4.78, 5) is 12.8. The summed E-state index contributed by atoms with van der Waals surface area (Å²) in [6.07, 6.45) is 5.75. The molecule has 0 spiro atoms.